The first-order valence-corrected chi connectivity index (χ1v) is 11.3. The normalized spacial score (nSPS) is 12.8. The Balaban J connectivity index is 1.60. The Morgan fingerprint density at radius 2 is 1.72 bits per heavy atom. The van der Waals surface area contributed by atoms with Gasteiger partial charge in [0, 0.05) is 23.9 Å². The van der Waals surface area contributed by atoms with Crippen molar-refractivity contribution in [1.29, 1.82) is 0 Å². The predicted octanol–water partition coefficient (Wildman–Crippen LogP) is 4.75. The molecule has 0 aliphatic carbocycles. The van der Waals surface area contributed by atoms with Gasteiger partial charge in [-0.2, -0.15) is 0 Å². The number of amides is 2. The van der Waals surface area contributed by atoms with E-state index in [1.54, 1.807) is 24.0 Å². The monoisotopic (exact) mass is 448 g/mol. The molecule has 4 rings (SSSR count). The lowest BCUT2D eigenvalue weighted by Crippen LogP contribution is -2.34. The van der Waals surface area contributed by atoms with Gasteiger partial charge in [0.05, 0.1) is 18.7 Å². The molecular formula is C25H24N2O4S. The first-order valence-electron chi connectivity index (χ1n) is 10.5. The van der Waals surface area contributed by atoms with Crippen LogP contribution in [0.2, 0.25) is 0 Å². The highest BCUT2D eigenvalue weighted by atomic mass is 32.1. The summed E-state index contributed by atoms with van der Waals surface area (Å²) < 4.78 is 5.26. The van der Waals surface area contributed by atoms with E-state index in [9.17, 15) is 14.4 Å². The van der Waals surface area contributed by atoms with Crippen LogP contribution in [0, 0.1) is 0 Å². The van der Waals surface area contributed by atoms with E-state index in [4.69, 9.17) is 4.74 Å². The minimum atomic E-state index is -0.448. The van der Waals surface area contributed by atoms with Crippen molar-refractivity contribution in [2.45, 2.75) is 26.8 Å². The maximum Gasteiger partial charge on any atom is 0.341 e. The molecule has 1 aliphatic rings. The van der Waals surface area contributed by atoms with Crippen LogP contribution in [0.1, 0.15) is 45.0 Å². The number of hydrogen-bond acceptors (Lipinski definition) is 5. The van der Waals surface area contributed by atoms with Crippen LogP contribution in [0.15, 0.2) is 54.6 Å². The molecule has 6 nitrogen and oxygen atoms in total. The average molecular weight is 449 g/mol. The molecule has 164 valence electrons. The lowest BCUT2D eigenvalue weighted by atomic mass is 10.0. The van der Waals surface area contributed by atoms with E-state index in [2.05, 4.69) is 5.32 Å². The number of ether oxygens (including phenoxy) is 1. The molecule has 0 spiro atoms. The van der Waals surface area contributed by atoms with E-state index in [1.807, 2.05) is 42.5 Å². The Morgan fingerprint density at radius 3 is 2.38 bits per heavy atom. The fraction of sp³-hybridized carbons (Fsp3) is 0.240. The minimum absolute atomic E-state index is 0.00849. The summed E-state index contributed by atoms with van der Waals surface area (Å²) in [6.45, 7) is 4.51. The molecule has 1 N–H and O–H groups in total. The SMILES string of the molecule is CCOC(=O)c1c(NC(=O)c2ccc(-c3ccccc3)cc2)sc2c1CCN(C(C)=O)C2. The number of esters is 1. The van der Waals surface area contributed by atoms with Gasteiger partial charge in [0.25, 0.3) is 5.91 Å². The third-order valence-corrected chi connectivity index (χ3v) is 6.60. The topological polar surface area (TPSA) is 75.7 Å². The number of hydrogen-bond donors (Lipinski definition) is 1. The van der Waals surface area contributed by atoms with Crippen LogP contribution >= 0.6 is 11.3 Å². The summed E-state index contributed by atoms with van der Waals surface area (Å²) in [4.78, 5) is 40.1. The highest BCUT2D eigenvalue weighted by molar-refractivity contribution is 7.17. The predicted molar refractivity (Wildman–Crippen MR) is 125 cm³/mol. The van der Waals surface area contributed by atoms with Gasteiger partial charge in [-0.1, -0.05) is 42.5 Å². The van der Waals surface area contributed by atoms with Crippen LogP contribution in [0.4, 0.5) is 5.00 Å². The summed E-state index contributed by atoms with van der Waals surface area (Å²) in [5.74, 6) is -0.751. The van der Waals surface area contributed by atoms with Crippen molar-refractivity contribution < 1.29 is 19.1 Å². The summed E-state index contributed by atoms with van der Waals surface area (Å²) in [6, 6.07) is 17.3. The number of thiophene rings is 1. The number of rotatable bonds is 5. The lowest BCUT2D eigenvalue weighted by molar-refractivity contribution is -0.129. The first-order chi connectivity index (χ1) is 15.5. The van der Waals surface area contributed by atoms with Gasteiger partial charge >= 0.3 is 5.97 Å². The van der Waals surface area contributed by atoms with Crippen molar-refractivity contribution in [2.24, 2.45) is 0 Å². The highest BCUT2D eigenvalue weighted by Crippen LogP contribution is 2.38. The van der Waals surface area contributed by atoms with Gasteiger partial charge in [-0.25, -0.2) is 4.79 Å². The zero-order valence-corrected chi connectivity index (χ0v) is 18.8. The summed E-state index contributed by atoms with van der Waals surface area (Å²) in [5.41, 5.74) is 3.86. The molecule has 32 heavy (non-hydrogen) atoms. The molecule has 3 aromatic rings. The van der Waals surface area contributed by atoms with Crippen molar-refractivity contribution in [3.8, 4) is 11.1 Å². The average Bonchev–Trinajstić information content (AvgIpc) is 3.17. The number of nitrogens with zero attached hydrogens (tertiary/aromatic N) is 1. The van der Waals surface area contributed by atoms with Crippen molar-refractivity contribution in [3.05, 3.63) is 76.2 Å². The zero-order valence-electron chi connectivity index (χ0n) is 18.0. The number of nitrogens with one attached hydrogen (secondary N) is 1. The fourth-order valence-corrected chi connectivity index (χ4v) is 5.05. The number of fused-ring (bicyclic) bond motifs is 1. The largest absolute Gasteiger partial charge is 0.462 e. The summed E-state index contributed by atoms with van der Waals surface area (Å²) in [5, 5.41) is 3.37. The van der Waals surface area contributed by atoms with Crippen LogP contribution in [0.5, 0.6) is 0 Å². The number of carbonyl (C=O) groups is 3. The maximum absolute atomic E-state index is 13.0. The molecule has 2 heterocycles. The quantitative estimate of drug-likeness (QED) is 0.572. The zero-order chi connectivity index (χ0) is 22.7. The van der Waals surface area contributed by atoms with E-state index in [1.165, 1.54) is 18.3 Å². The van der Waals surface area contributed by atoms with Crippen molar-refractivity contribution in [1.82, 2.24) is 4.90 Å². The molecule has 0 unspecified atom stereocenters. The summed E-state index contributed by atoms with van der Waals surface area (Å²) in [7, 11) is 0. The van der Waals surface area contributed by atoms with E-state index in [0.717, 1.165) is 21.6 Å². The van der Waals surface area contributed by atoms with Crippen LogP contribution in [0.3, 0.4) is 0 Å². The minimum Gasteiger partial charge on any atom is -0.462 e. The van der Waals surface area contributed by atoms with Crippen molar-refractivity contribution in [2.75, 3.05) is 18.5 Å². The number of carbonyl (C=O) groups excluding carboxylic acids is 3. The third kappa shape index (κ3) is 4.43. The molecule has 0 fully saturated rings. The molecule has 2 aromatic carbocycles. The Kier molecular flexibility index (Phi) is 6.37. The second kappa shape index (κ2) is 9.36. The van der Waals surface area contributed by atoms with Gasteiger partial charge in [0.15, 0.2) is 0 Å². The van der Waals surface area contributed by atoms with Gasteiger partial charge in [-0.05, 0) is 42.2 Å². The Bertz CT molecular complexity index is 1150. The molecule has 2 amide bonds. The lowest BCUT2D eigenvalue weighted by Gasteiger charge is -2.25. The maximum atomic E-state index is 13.0. The van der Waals surface area contributed by atoms with E-state index in [-0.39, 0.29) is 18.4 Å². The molecule has 1 aliphatic heterocycles. The van der Waals surface area contributed by atoms with Gasteiger partial charge in [-0.3, -0.25) is 9.59 Å². The number of benzene rings is 2. The number of anilines is 1. The standard InChI is InChI=1S/C25H24N2O4S/c1-3-31-25(30)22-20-13-14-27(16(2)28)15-21(20)32-24(22)26-23(29)19-11-9-18(10-12-19)17-7-5-4-6-8-17/h4-12H,3,13-15H2,1-2H3,(H,26,29). The summed E-state index contributed by atoms with van der Waals surface area (Å²) in [6.07, 6.45) is 0.557. The van der Waals surface area contributed by atoms with Crippen molar-refractivity contribution >= 4 is 34.1 Å². The Morgan fingerprint density at radius 1 is 1.03 bits per heavy atom. The van der Waals surface area contributed by atoms with E-state index >= 15 is 0 Å². The molecule has 0 atom stereocenters. The molecule has 0 saturated carbocycles. The molecule has 0 bridgehead atoms. The second-order valence-corrected chi connectivity index (χ2v) is 8.62. The summed E-state index contributed by atoms with van der Waals surface area (Å²) >= 11 is 1.33. The van der Waals surface area contributed by atoms with E-state index in [0.29, 0.717) is 35.6 Å². The van der Waals surface area contributed by atoms with Crippen LogP contribution < -0.4 is 5.32 Å². The molecule has 0 radical (unpaired) electrons. The van der Waals surface area contributed by atoms with Crippen molar-refractivity contribution in [3.63, 3.8) is 0 Å². The van der Waals surface area contributed by atoms with Crippen LogP contribution in [0.25, 0.3) is 11.1 Å². The Labute approximate surface area is 190 Å². The van der Waals surface area contributed by atoms with Crippen LogP contribution in [-0.2, 0) is 22.5 Å². The molecule has 7 heteroatoms. The van der Waals surface area contributed by atoms with Gasteiger partial charge in [0.2, 0.25) is 5.91 Å². The third-order valence-electron chi connectivity index (χ3n) is 5.46. The van der Waals surface area contributed by atoms with Crippen LogP contribution in [-0.4, -0.2) is 35.8 Å². The molecular weight excluding hydrogens is 424 g/mol. The highest BCUT2D eigenvalue weighted by Gasteiger charge is 2.30. The second-order valence-electron chi connectivity index (χ2n) is 7.52. The molecule has 0 saturated heterocycles. The fourth-order valence-electron chi connectivity index (χ4n) is 3.80. The van der Waals surface area contributed by atoms with Gasteiger partial charge in [-0.15, -0.1) is 11.3 Å². The smallest absolute Gasteiger partial charge is 0.341 e. The van der Waals surface area contributed by atoms with Gasteiger partial charge in [0.1, 0.15) is 5.00 Å². The first kappa shape index (κ1) is 21.8. The van der Waals surface area contributed by atoms with Gasteiger partial charge < -0.3 is 15.0 Å². The van der Waals surface area contributed by atoms with E-state index < -0.39 is 5.97 Å². The molecule has 1 aromatic heterocycles. The Hall–Kier alpha value is -3.45.